The number of nitrogens with zero attached hydrogens (tertiary/aromatic N) is 1. The van der Waals surface area contributed by atoms with Gasteiger partial charge in [0.25, 0.3) is 0 Å². The first kappa shape index (κ1) is 14.5. The third-order valence-corrected chi connectivity index (χ3v) is 4.34. The van der Waals surface area contributed by atoms with Gasteiger partial charge in [-0.25, -0.2) is 0 Å². The lowest BCUT2D eigenvalue weighted by Gasteiger charge is -2.34. The van der Waals surface area contributed by atoms with Crippen LogP contribution in [0.1, 0.15) is 43.4 Å². The summed E-state index contributed by atoms with van der Waals surface area (Å²) in [6.07, 6.45) is 1.18. The predicted molar refractivity (Wildman–Crippen MR) is 81.4 cm³/mol. The largest absolute Gasteiger partial charge is 0.323 e. The van der Waals surface area contributed by atoms with Crippen LogP contribution in [-0.4, -0.2) is 37.6 Å². The maximum Gasteiger partial charge on any atom is 0.0463 e. The minimum Gasteiger partial charge on any atom is -0.323 e. The Morgan fingerprint density at radius 2 is 1.95 bits per heavy atom. The van der Waals surface area contributed by atoms with Gasteiger partial charge in [-0.1, -0.05) is 38.1 Å². The van der Waals surface area contributed by atoms with E-state index >= 15 is 0 Å². The number of likely N-dealkylation sites (N-methyl/N-ethyl adjacent to an activating group) is 1. The Morgan fingerprint density at radius 1 is 1.32 bits per heavy atom. The van der Waals surface area contributed by atoms with Crippen LogP contribution >= 0.6 is 0 Å². The minimum atomic E-state index is 0.0775. The Kier molecular flexibility index (Phi) is 4.97. The van der Waals surface area contributed by atoms with Gasteiger partial charge >= 0.3 is 0 Å². The zero-order valence-corrected chi connectivity index (χ0v) is 12.4. The first-order chi connectivity index (χ1) is 9.11. The van der Waals surface area contributed by atoms with Crippen molar-refractivity contribution >= 4 is 0 Å². The topological polar surface area (TPSA) is 41.3 Å². The van der Waals surface area contributed by atoms with Crippen LogP contribution in [0, 0.1) is 0 Å². The van der Waals surface area contributed by atoms with Gasteiger partial charge in [-0.15, -0.1) is 0 Å². The molecule has 3 atom stereocenters. The van der Waals surface area contributed by atoms with E-state index in [1.807, 2.05) is 0 Å². The molecule has 0 amide bonds. The van der Waals surface area contributed by atoms with Crippen molar-refractivity contribution in [1.29, 1.82) is 0 Å². The van der Waals surface area contributed by atoms with Gasteiger partial charge in [-0.05, 0) is 30.5 Å². The van der Waals surface area contributed by atoms with E-state index in [-0.39, 0.29) is 6.04 Å². The fourth-order valence-electron chi connectivity index (χ4n) is 2.69. The Balaban J connectivity index is 2.04. The Bertz CT molecular complexity index is 387. The van der Waals surface area contributed by atoms with Crippen LogP contribution in [0.4, 0.5) is 0 Å². The number of piperazine rings is 1. The van der Waals surface area contributed by atoms with Gasteiger partial charge < -0.3 is 16.0 Å². The van der Waals surface area contributed by atoms with E-state index in [2.05, 4.69) is 55.4 Å². The normalized spacial score (nSPS) is 24.1. The highest BCUT2D eigenvalue weighted by molar-refractivity contribution is 5.28. The van der Waals surface area contributed by atoms with E-state index in [1.54, 1.807) is 0 Å². The summed E-state index contributed by atoms with van der Waals surface area (Å²) in [6, 6.07) is 9.29. The van der Waals surface area contributed by atoms with Crippen molar-refractivity contribution in [3.63, 3.8) is 0 Å². The fraction of sp³-hybridized carbons (Fsp3) is 0.625. The van der Waals surface area contributed by atoms with E-state index in [0.29, 0.717) is 12.0 Å². The highest BCUT2D eigenvalue weighted by Crippen LogP contribution is 2.22. The van der Waals surface area contributed by atoms with E-state index in [9.17, 15) is 0 Å². The third kappa shape index (κ3) is 3.56. The van der Waals surface area contributed by atoms with Crippen molar-refractivity contribution in [2.45, 2.75) is 38.3 Å². The molecule has 1 heterocycles. The van der Waals surface area contributed by atoms with Crippen molar-refractivity contribution in [2.75, 3.05) is 26.7 Å². The summed E-state index contributed by atoms with van der Waals surface area (Å²) in [5.74, 6) is 0.629. The first-order valence-electron chi connectivity index (χ1n) is 7.39. The van der Waals surface area contributed by atoms with Crippen molar-refractivity contribution in [3.8, 4) is 0 Å². The molecule has 1 aliphatic heterocycles. The smallest absolute Gasteiger partial charge is 0.0463 e. The zero-order valence-electron chi connectivity index (χ0n) is 12.4. The van der Waals surface area contributed by atoms with Crippen molar-refractivity contribution in [2.24, 2.45) is 5.73 Å². The molecule has 3 nitrogen and oxygen atoms in total. The average Bonchev–Trinajstić information content (AvgIpc) is 2.46. The van der Waals surface area contributed by atoms with E-state index in [0.717, 1.165) is 19.6 Å². The Labute approximate surface area is 117 Å². The molecular weight excluding hydrogens is 234 g/mol. The average molecular weight is 261 g/mol. The molecule has 2 rings (SSSR count). The molecule has 1 saturated heterocycles. The SMILES string of the molecule is CCC(C)c1ccc(C(N)C2CN(C)CCN2)cc1. The van der Waals surface area contributed by atoms with Gasteiger partial charge in [0.05, 0.1) is 0 Å². The molecule has 0 bridgehead atoms. The second kappa shape index (κ2) is 6.51. The summed E-state index contributed by atoms with van der Waals surface area (Å²) >= 11 is 0. The van der Waals surface area contributed by atoms with Gasteiger partial charge in [-0.3, -0.25) is 0 Å². The molecule has 3 N–H and O–H groups in total. The van der Waals surface area contributed by atoms with Gasteiger partial charge in [0.15, 0.2) is 0 Å². The van der Waals surface area contributed by atoms with Crippen LogP contribution in [0.5, 0.6) is 0 Å². The summed E-state index contributed by atoms with van der Waals surface area (Å²) < 4.78 is 0. The minimum absolute atomic E-state index is 0.0775. The predicted octanol–water partition coefficient (Wildman–Crippen LogP) is 2.10. The van der Waals surface area contributed by atoms with E-state index < -0.39 is 0 Å². The molecule has 19 heavy (non-hydrogen) atoms. The van der Waals surface area contributed by atoms with Crippen LogP contribution in [0.15, 0.2) is 24.3 Å². The number of nitrogens with one attached hydrogen (secondary N) is 1. The molecule has 0 radical (unpaired) electrons. The molecule has 0 aliphatic carbocycles. The summed E-state index contributed by atoms with van der Waals surface area (Å²) in [6.45, 7) is 7.66. The number of rotatable bonds is 4. The second-order valence-corrected chi connectivity index (χ2v) is 5.82. The van der Waals surface area contributed by atoms with Gasteiger partial charge in [0.1, 0.15) is 0 Å². The van der Waals surface area contributed by atoms with Gasteiger partial charge in [-0.2, -0.15) is 0 Å². The lowest BCUT2D eigenvalue weighted by Crippen LogP contribution is -2.53. The lowest BCUT2D eigenvalue weighted by molar-refractivity contribution is 0.220. The molecule has 0 saturated carbocycles. The number of benzene rings is 1. The number of nitrogens with two attached hydrogens (primary N) is 1. The highest BCUT2D eigenvalue weighted by Gasteiger charge is 2.23. The standard InChI is InChI=1S/C16H27N3/c1-4-12(2)13-5-7-14(8-6-13)16(17)15-11-19(3)10-9-18-15/h5-8,12,15-16,18H,4,9-11,17H2,1-3H3. The summed E-state index contributed by atoms with van der Waals surface area (Å²) in [5, 5.41) is 3.53. The molecule has 0 spiro atoms. The van der Waals surface area contributed by atoms with Crippen LogP contribution in [0.2, 0.25) is 0 Å². The molecule has 3 unspecified atom stereocenters. The zero-order chi connectivity index (χ0) is 13.8. The monoisotopic (exact) mass is 261 g/mol. The molecule has 0 aromatic heterocycles. The first-order valence-corrected chi connectivity index (χ1v) is 7.39. The molecule has 106 valence electrons. The van der Waals surface area contributed by atoms with Gasteiger partial charge in [0.2, 0.25) is 0 Å². The fourth-order valence-corrected chi connectivity index (χ4v) is 2.69. The molecule has 1 fully saturated rings. The quantitative estimate of drug-likeness (QED) is 0.872. The van der Waals surface area contributed by atoms with E-state index in [1.165, 1.54) is 17.5 Å². The third-order valence-electron chi connectivity index (χ3n) is 4.34. The highest BCUT2D eigenvalue weighted by atomic mass is 15.2. The molecule has 1 aromatic rings. The summed E-state index contributed by atoms with van der Waals surface area (Å²) in [4.78, 5) is 2.34. The number of hydrogen-bond donors (Lipinski definition) is 2. The maximum atomic E-state index is 6.40. The Hall–Kier alpha value is -0.900. The second-order valence-electron chi connectivity index (χ2n) is 5.82. The maximum absolute atomic E-state index is 6.40. The van der Waals surface area contributed by atoms with Crippen LogP contribution in [0.25, 0.3) is 0 Å². The van der Waals surface area contributed by atoms with Crippen LogP contribution in [-0.2, 0) is 0 Å². The molecule has 3 heteroatoms. The lowest BCUT2D eigenvalue weighted by atomic mass is 9.93. The van der Waals surface area contributed by atoms with Crippen molar-refractivity contribution < 1.29 is 0 Å². The van der Waals surface area contributed by atoms with Crippen LogP contribution in [0.3, 0.4) is 0 Å². The summed E-state index contributed by atoms with van der Waals surface area (Å²) in [5.41, 5.74) is 9.05. The molecule has 1 aliphatic rings. The summed E-state index contributed by atoms with van der Waals surface area (Å²) in [7, 11) is 2.16. The molecular formula is C16H27N3. The van der Waals surface area contributed by atoms with Crippen molar-refractivity contribution in [1.82, 2.24) is 10.2 Å². The van der Waals surface area contributed by atoms with Crippen molar-refractivity contribution in [3.05, 3.63) is 35.4 Å². The molecule has 1 aromatic carbocycles. The number of hydrogen-bond acceptors (Lipinski definition) is 3. The van der Waals surface area contributed by atoms with E-state index in [4.69, 9.17) is 5.73 Å². The van der Waals surface area contributed by atoms with Gasteiger partial charge in [0, 0.05) is 31.7 Å². The Morgan fingerprint density at radius 3 is 2.53 bits per heavy atom. The van der Waals surface area contributed by atoms with Crippen LogP contribution < -0.4 is 11.1 Å².